The normalized spacial score (nSPS) is 12.5. The van der Waals surface area contributed by atoms with Crippen molar-refractivity contribution in [3.8, 4) is 5.75 Å². The third-order valence-electron chi connectivity index (χ3n) is 2.89. The summed E-state index contributed by atoms with van der Waals surface area (Å²) in [4.78, 5) is 10.4. The molecule has 0 bridgehead atoms. The van der Waals surface area contributed by atoms with E-state index in [-0.39, 0.29) is 17.4 Å². The second kappa shape index (κ2) is 7.06. The predicted octanol–water partition coefficient (Wildman–Crippen LogP) is 1.71. The molecule has 1 rings (SSSR count). The van der Waals surface area contributed by atoms with Crippen LogP contribution in [0.1, 0.15) is 19.4 Å². The van der Waals surface area contributed by atoms with Crippen LogP contribution >= 0.6 is 0 Å². The molecular formula is C13H20N2O4. The van der Waals surface area contributed by atoms with Crippen molar-refractivity contribution in [3.63, 3.8) is 0 Å². The van der Waals surface area contributed by atoms with Gasteiger partial charge in [-0.25, -0.2) is 0 Å². The van der Waals surface area contributed by atoms with E-state index in [0.29, 0.717) is 13.1 Å². The Hall–Kier alpha value is -1.66. The lowest BCUT2D eigenvalue weighted by Crippen LogP contribution is -2.30. The van der Waals surface area contributed by atoms with Crippen LogP contribution in [0.3, 0.4) is 0 Å². The van der Waals surface area contributed by atoms with Gasteiger partial charge in [0.25, 0.3) is 0 Å². The molecule has 0 saturated carbocycles. The molecule has 0 aromatic heterocycles. The Morgan fingerprint density at radius 1 is 1.47 bits per heavy atom. The first-order valence-corrected chi connectivity index (χ1v) is 6.15. The summed E-state index contributed by atoms with van der Waals surface area (Å²) in [7, 11) is 1.40. The minimum Gasteiger partial charge on any atom is -0.490 e. The quantitative estimate of drug-likeness (QED) is 0.581. The molecule has 0 spiro atoms. The maximum atomic E-state index is 10.9. The van der Waals surface area contributed by atoms with Crippen LogP contribution in [-0.2, 0) is 6.54 Å². The first-order valence-electron chi connectivity index (χ1n) is 6.15. The number of nitrogens with one attached hydrogen (secondary N) is 1. The van der Waals surface area contributed by atoms with Crippen LogP contribution in [0, 0.1) is 16.0 Å². The molecule has 19 heavy (non-hydrogen) atoms. The van der Waals surface area contributed by atoms with Crippen LogP contribution in [0.25, 0.3) is 0 Å². The average Bonchev–Trinajstić information content (AvgIpc) is 2.38. The second-order valence-electron chi connectivity index (χ2n) is 4.71. The van der Waals surface area contributed by atoms with E-state index in [0.717, 1.165) is 5.56 Å². The van der Waals surface area contributed by atoms with Gasteiger partial charge >= 0.3 is 5.69 Å². The lowest BCUT2D eigenvalue weighted by Gasteiger charge is -2.15. The molecule has 1 unspecified atom stereocenters. The second-order valence-corrected chi connectivity index (χ2v) is 4.71. The van der Waals surface area contributed by atoms with E-state index in [1.54, 1.807) is 12.1 Å². The molecule has 0 aliphatic heterocycles. The van der Waals surface area contributed by atoms with E-state index >= 15 is 0 Å². The minimum absolute atomic E-state index is 0.0498. The SMILES string of the molecule is COc1ccc(CNCC(O)C(C)C)cc1[N+](=O)[O-]. The highest BCUT2D eigenvalue weighted by Gasteiger charge is 2.15. The van der Waals surface area contributed by atoms with Crippen LogP contribution in [0.15, 0.2) is 18.2 Å². The fourth-order valence-corrected chi connectivity index (χ4v) is 1.59. The highest BCUT2D eigenvalue weighted by atomic mass is 16.6. The topological polar surface area (TPSA) is 84.6 Å². The molecule has 0 heterocycles. The molecule has 1 aromatic rings. The van der Waals surface area contributed by atoms with Gasteiger partial charge < -0.3 is 15.2 Å². The molecule has 106 valence electrons. The smallest absolute Gasteiger partial charge is 0.311 e. The molecule has 1 aromatic carbocycles. The van der Waals surface area contributed by atoms with E-state index < -0.39 is 11.0 Å². The molecule has 0 aliphatic carbocycles. The first-order chi connectivity index (χ1) is 8.95. The van der Waals surface area contributed by atoms with E-state index in [1.807, 2.05) is 13.8 Å². The fourth-order valence-electron chi connectivity index (χ4n) is 1.59. The molecule has 0 aliphatic rings. The fraction of sp³-hybridized carbons (Fsp3) is 0.538. The molecule has 0 radical (unpaired) electrons. The Balaban J connectivity index is 2.65. The monoisotopic (exact) mass is 268 g/mol. The summed E-state index contributed by atoms with van der Waals surface area (Å²) in [5.41, 5.74) is 0.731. The summed E-state index contributed by atoms with van der Waals surface area (Å²) in [6.07, 6.45) is -0.423. The molecule has 0 fully saturated rings. The number of nitro benzene ring substituents is 1. The molecule has 0 saturated heterocycles. The highest BCUT2D eigenvalue weighted by molar-refractivity contribution is 5.48. The van der Waals surface area contributed by atoms with Crippen LogP contribution in [0.2, 0.25) is 0 Å². The summed E-state index contributed by atoms with van der Waals surface area (Å²) in [5.74, 6) is 0.425. The van der Waals surface area contributed by atoms with Gasteiger partial charge in [0, 0.05) is 19.2 Å². The number of hydrogen-bond acceptors (Lipinski definition) is 5. The van der Waals surface area contributed by atoms with Gasteiger partial charge in [-0.1, -0.05) is 19.9 Å². The van der Waals surface area contributed by atoms with Crippen molar-refractivity contribution >= 4 is 5.69 Å². The molecule has 2 N–H and O–H groups in total. The van der Waals surface area contributed by atoms with Gasteiger partial charge in [0.1, 0.15) is 0 Å². The number of nitrogens with zero attached hydrogens (tertiary/aromatic N) is 1. The number of rotatable bonds is 7. The van der Waals surface area contributed by atoms with Crippen molar-refractivity contribution in [3.05, 3.63) is 33.9 Å². The summed E-state index contributed by atoms with van der Waals surface area (Å²) in [6.45, 7) is 4.79. The van der Waals surface area contributed by atoms with Crippen LogP contribution < -0.4 is 10.1 Å². The van der Waals surface area contributed by atoms with Gasteiger partial charge in [-0.05, 0) is 17.5 Å². The summed E-state index contributed by atoms with van der Waals surface area (Å²) < 4.78 is 4.93. The number of hydrogen-bond donors (Lipinski definition) is 2. The Labute approximate surface area is 112 Å². The van der Waals surface area contributed by atoms with Crippen LogP contribution in [-0.4, -0.2) is 29.8 Å². The van der Waals surface area contributed by atoms with E-state index in [2.05, 4.69) is 5.32 Å². The van der Waals surface area contributed by atoms with Crippen molar-refractivity contribution < 1.29 is 14.8 Å². The Morgan fingerprint density at radius 2 is 2.16 bits per heavy atom. The third kappa shape index (κ3) is 4.50. The minimum atomic E-state index is -0.467. The molecule has 0 amide bonds. The van der Waals surface area contributed by atoms with Crippen molar-refractivity contribution in [2.24, 2.45) is 5.92 Å². The van der Waals surface area contributed by atoms with Crippen molar-refractivity contribution in [2.45, 2.75) is 26.5 Å². The van der Waals surface area contributed by atoms with Crippen molar-refractivity contribution in [1.29, 1.82) is 0 Å². The average molecular weight is 268 g/mol. The lowest BCUT2D eigenvalue weighted by molar-refractivity contribution is -0.385. The molecule has 6 nitrogen and oxygen atoms in total. The number of benzene rings is 1. The van der Waals surface area contributed by atoms with E-state index in [1.165, 1.54) is 13.2 Å². The third-order valence-corrected chi connectivity index (χ3v) is 2.89. The largest absolute Gasteiger partial charge is 0.490 e. The summed E-state index contributed by atoms with van der Waals surface area (Å²) in [5, 5.41) is 23.6. The zero-order chi connectivity index (χ0) is 14.4. The summed E-state index contributed by atoms with van der Waals surface area (Å²) in [6, 6.07) is 4.82. The van der Waals surface area contributed by atoms with Gasteiger partial charge in [-0.15, -0.1) is 0 Å². The number of ether oxygens (including phenoxy) is 1. The molecule has 1 atom stereocenters. The van der Waals surface area contributed by atoms with Gasteiger partial charge in [0.15, 0.2) is 5.75 Å². The highest BCUT2D eigenvalue weighted by Crippen LogP contribution is 2.27. The zero-order valence-electron chi connectivity index (χ0n) is 11.4. The number of nitro groups is 1. The van der Waals surface area contributed by atoms with Crippen LogP contribution in [0.4, 0.5) is 5.69 Å². The maximum Gasteiger partial charge on any atom is 0.311 e. The molecular weight excluding hydrogens is 248 g/mol. The van der Waals surface area contributed by atoms with Gasteiger partial charge in [0.05, 0.1) is 18.1 Å². The van der Waals surface area contributed by atoms with Crippen molar-refractivity contribution in [2.75, 3.05) is 13.7 Å². The Morgan fingerprint density at radius 3 is 2.68 bits per heavy atom. The summed E-state index contributed by atoms with van der Waals surface area (Å²) >= 11 is 0. The lowest BCUT2D eigenvalue weighted by atomic mass is 10.1. The standard InChI is InChI=1S/C13H20N2O4/c1-9(2)12(16)8-14-7-10-4-5-13(19-3)11(6-10)15(17)18/h4-6,9,12,14,16H,7-8H2,1-3H3. The Bertz CT molecular complexity index is 435. The van der Waals surface area contributed by atoms with Gasteiger partial charge in [-0.3, -0.25) is 10.1 Å². The van der Waals surface area contributed by atoms with Gasteiger partial charge in [0.2, 0.25) is 0 Å². The zero-order valence-corrected chi connectivity index (χ0v) is 11.4. The van der Waals surface area contributed by atoms with E-state index in [4.69, 9.17) is 4.74 Å². The molecule has 6 heteroatoms. The Kier molecular flexibility index (Phi) is 5.72. The number of aliphatic hydroxyl groups excluding tert-OH is 1. The predicted molar refractivity (Wildman–Crippen MR) is 72.2 cm³/mol. The van der Waals surface area contributed by atoms with E-state index in [9.17, 15) is 15.2 Å². The van der Waals surface area contributed by atoms with Crippen molar-refractivity contribution in [1.82, 2.24) is 5.32 Å². The number of aliphatic hydroxyl groups is 1. The van der Waals surface area contributed by atoms with Gasteiger partial charge in [-0.2, -0.15) is 0 Å². The van der Waals surface area contributed by atoms with Crippen LogP contribution in [0.5, 0.6) is 5.75 Å². The number of methoxy groups -OCH3 is 1. The first kappa shape index (κ1) is 15.4. The maximum absolute atomic E-state index is 10.9.